The molecule has 0 aromatic rings. The number of carbonyl (C=O) groups is 5. The van der Waals surface area contributed by atoms with E-state index < -0.39 is 41.2 Å². The van der Waals surface area contributed by atoms with Crippen molar-refractivity contribution in [2.45, 2.75) is 51.1 Å². The Labute approximate surface area is 138 Å². The summed E-state index contributed by atoms with van der Waals surface area (Å²) in [5.74, 6) is -3.65. The minimum absolute atomic E-state index is 0.0331. The first kappa shape index (κ1) is 16.4. The molecule has 1 saturated heterocycles. The molecule has 0 radical (unpaired) electrons. The smallest absolute Gasteiger partial charge is 0.313 e. The van der Waals surface area contributed by atoms with E-state index in [1.54, 1.807) is 0 Å². The van der Waals surface area contributed by atoms with E-state index in [1.807, 2.05) is 0 Å². The number of hydrogen-bond donors (Lipinski definition) is 1. The second-order valence-corrected chi connectivity index (χ2v) is 6.43. The van der Waals surface area contributed by atoms with Gasteiger partial charge in [0.1, 0.15) is 11.6 Å². The fourth-order valence-electron chi connectivity index (χ4n) is 3.89. The number of nitrogens with zero attached hydrogens (tertiary/aromatic N) is 2. The molecule has 0 aromatic heterocycles. The summed E-state index contributed by atoms with van der Waals surface area (Å²) in [6.45, 7) is 0. The topological polar surface area (TPSA) is 112 Å². The molecule has 24 heavy (non-hydrogen) atoms. The Balaban J connectivity index is 2.12. The monoisotopic (exact) mass is 334 g/mol. The predicted molar refractivity (Wildman–Crippen MR) is 79.0 cm³/mol. The van der Waals surface area contributed by atoms with Crippen molar-refractivity contribution in [2.75, 3.05) is 0 Å². The highest BCUT2D eigenvalue weighted by atomic mass is 16.4. The lowest BCUT2D eigenvalue weighted by molar-refractivity contribution is -0.174. The van der Waals surface area contributed by atoms with Gasteiger partial charge < -0.3 is 5.11 Å². The molecule has 1 saturated carbocycles. The van der Waals surface area contributed by atoms with E-state index in [0.29, 0.717) is 12.8 Å². The lowest BCUT2D eigenvalue weighted by Gasteiger charge is -2.46. The Morgan fingerprint density at radius 3 is 1.88 bits per heavy atom. The molecule has 0 bridgehead atoms. The van der Waals surface area contributed by atoms with Crippen molar-refractivity contribution >= 4 is 29.6 Å². The van der Waals surface area contributed by atoms with Crippen molar-refractivity contribution in [3.63, 3.8) is 0 Å². The molecule has 2 heterocycles. The molecule has 1 N–H and O–H groups in total. The van der Waals surface area contributed by atoms with E-state index in [2.05, 4.69) is 0 Å². The van der Waals surface area contributed by atoms with Gasteiger partial charge in [0.25, 0.3) is 11.8 Å². The van der Waals surface area contributed by atoms with Crippen molar-refractivity contribution in [3.8, 4) is 0 Å². The fraction of sp³-hybridized carbons (Fsp3) is 0.562. The summed E-state index contributed by atoms with van der Waals surface area (Å²) in [5, 5.41) is 9.91. The quantitative estimate of drug-likeness (QED) is 0.746. The molecule has 1 aliphatic carbocycles. The van der Waals surface area contributed by atoms with Gasteiger partial charge in [-0.1, -0.05) is 19.3 Å². The van der Waals surface area contributed by atoms with Gasteiger partial charge in [-0.2, -0.15) is 0 Å². The molecule has 8 heteroatoms. The summed E-state index contributed by atoms with van der Waals surface area (Å²) in [5.41, 5.74) is -1.51. The van der Waals surface area contributed by atoms with Crippen LogP contribution in [0, 0.1) is 5.41 Å². The van der Waals surface area contributed by atoms with Crippen LogP contribution in [0.3, 0.4) is 0 Å². The second-order valence-electron chi connectivity index (χ2n) is 6.43. The normalized spacial score (nSPS) is 24.8. The lowest BCUT2D eigenvalue weighted by Crippen LogP contribution is -2.64. The molecular weight excluding hydrogens is 316 g/mol. The number of aliphatic carboxylic acids is 1. The van der Waals surface area contributed by atoms with Crippen LogP contribution in [-0.4, -0.2) is 50.7 Å². The summed E-state index contributed by atoms with van der Waals surface area (Å²) in [6, 6.07) is 0. The number of amides is 4. The first-order valence-corrected chi connectivity index (χ1v) is 8.02. The van der Waals surface area contributed by atoms with Crippen molar-refractivity contribution in [3.05, 3.63) is 12.2 Å². The van der Waals surface area contributed by atoms with Gasteiger partial charge in [0.05, 0.1) is 0 Å². The van der Waals surface area contributed by atoms with E-state index in [9.17, 15) is 29.1 Å². The largest absolute Gasteiger partial charge is 0.481 e. The highest BCUT2D eigenvalue weighted by Crippen LogP contribution is 2.45. The third kappa shape index (κ3) is 2.33. The summed E-state index contributed by atoms with van der Waals surface area (Å²) >= 11 is 0. The fourth-order valence-corrected chi connectivity index (χ4v) is 3.89. The van der Waals surface area contributed by atoms with E-state index in [4.69, 9.17) is 0 Å². The minimum Gasteiger partial charge on any atom is -0.481 e. The Bertz CT molecular complexity index is 625. The van der Waals surface area contributed by atoms with Gasteiger partial charge in [0.2, 0.25) is 11.8 Å². The summed E-state index contributed by atoms with van der Waals surface area (Å²) < 4.78 is 0. The second kappa shape index (κ2) is 5.85. The third-order valence-corrected chi connectivity index (χ3v) is 5.09. The third-order valence-electron chi connectivity index (χ3n) is 5.09. The molecule has 1 atom stereocenters. The average Bonchev–Trinajstić information content (AvgIpc) is 3.06. The van der Waals surface area contributed by atoms with Crippen LogP contribution >= 0.6 is 0 Å². The number of hydrogen-bond acceptors (Lipinski definition) is 5. The van der Waals surface area contributed by atoms with Gasteiger partial charge in [0, 0.05) is 25.0 Å². The number of carboxylic acids is 1. The van der Waals surface area contributed by atoms with Crippen LogP contribution in [-0.2, 0) is 24.0 Å². The van der Waals surface area contributed by atoms with Gasteiger partial charge in [-0.3, -0.25) is 33.8 Å². The summed E-state index contributed by atoms with van der Waals surface area (Å²) in [7, 11) is 0. The Hall–Kier alpha value is -2.51. The predicted octanol–water partition coefficient (Wildman–Crippen LogP) is 0.422. The lowest BCUT2D eigenvalue weighted by atomic mass is 9.70. The van der Waals surface area contributed by atoms with E-state index in [0.717, 1.165) is 28.4 Å². The zero-order valence-electron chi connectivity index (χ0n) is 13.1. The zero-order chi connectivity index (χ0) is 17.5. The standard InChI is InChI=1S/C16H18N2O6/c19-10-4-5-11(20)17(10)14(18-12(21)6-7-13(18)22)16(15(23)24)8-2-1-3-9-16/h4-5,14H,1-3,6-9H2,(H,23,24). The van der Waals surface area contributed by atoms with E-state index in [1.165, 1.54) is 0 Å². The molecule has 3 aliphatic rings. The van der Waals surface area contributed by atoms with Gasteiger partial charge in [0.15, 0.2) is 0 Å². The SMILES string of the molecule is O=C1C=CC(=O)N1C(N1C(=O)CCC1=O)C1(C(=O)O)CCCCC1. The number of likely N-dealkylation sites (tertiary alicyclic amines) is 1. The number of carboxylic acid groups (broad SMARTS) is 1. The van der Waals surface area contributed by atoms with E-state index >= 15 is 0 Å². The zero-order valence-corrected chi connectivity index (χ0v) is 13.1. The Morgan fingerprint density at radius 1 is 0.917 bits per heavy atom. The molecule has 2 aliphatic heterocycles. The van der Waals surface area contributed by atoms with Crippen molar-refractivity contribution in [1.29, 1.82) is 0 Å². The van der Waals surface area contributed by atoms with Crippen molar-refractivity contribution in [1.82, 2.24) is 9.80 Å². The Morgan fingerprint density at radius 2 is 1.42 bits per heavy atom. The van der Waals surface area contributed by atoms with Gasteiger partial charge in [-0.15, -0.1) is 0 Å². The minimum atomic E-state index is -1.51. The maximum atomic E-state index is 12.2. The first-order valence-electron chi connectivity index (χ1n) is 8.02. The van der Waals surface area contributed by atoms with Crippen LogP contribution in [0.25, 0.3) is 0 Å². The highest BCUT2D eigenvalue weighted by Gasteiger charge is 2.57. The van der Waals surface area contributed by atoms with E-state index in [-0.39, 0.29) is 25.7 Å². The molecule has 0 spiro atoms. The Kier molecular flexibility index (Phi) is 3.98. The maximum Gasteiger partial charge on any atom is 0.313 e. The molecule has 8 nitrogen and oxygen atoms in total. The number of imide groups is 2. The van der Waals surface area contributed by atoms with Crippen molar-refractivity contribution in [2.24, 2.45) is 5.41 Å². The molecular formula is C16H18N2O6. The summed E-state index contributed by atoms with van der Waals surface area (Å²) in [4.78, 5) is 62.6. The van der Waals surface area contributed by atoms with Crippen LogP contribution in [0.1, 0.15) is 44.9 Å². The van der Waals surface area contributed by atoms with Crippen LogP contribution < -0.4 is 0 Å². The average molecular weight is 334 g/mol. The van der Waals surface area contributed by atoms with Crippen molar-refractivity contribution < 1.29 is 29.1 Å². The molecule has 4 amide bonds. The van der Waals surface area contributed by atoms with Crippen LogP contribution in [0.15, 0.2) is 12.2 Å². The number of carbonyl (C=O) groups excluding carboxylic acids is 4. The molecule has 1 unspecified atom stereocenters. The highest BCUT2D eigenvalue weighted by molar-refractivity contribution is 6.14. The molecule has 128 valence electrons. The van der Waals surface area contributed by atoms with Gasteiger partial charge >= 0.3 is 5.97 Å². The van der Waals surface area contributed by atoms with Gasteiger partial charge in [-0.25, -0.2) is 0 Å². The molecule has 0 aromatic carbocycles. The van der Waals surface area contributed by atoms with Crippen LogP contribution in [0.2, 0.25) is 0 Å². The first-order chi connectivity index (χ1) is 11.4. The van der Waals surface area contributed by atoms with Crippen LogP contribution in [0.4, 0.5) is 0 Å². The molecule has 3 rings (SSSR count). The summed E-state index contributed by atoms with van der Waals surface area (Å²) in [6.07, 6.45) is 3.07. The maximum absolute atomic E-state index is 12.2. The van der Waals surface area contributed by atoms with Gasteiger partial charge in [-0.05, 0) is 12.8 Å². The number of rotatable bonds is 4. The molecule has 2 fully saturated rings. The van der Waals surface area contributed by atoms with Crippen LogP contribution in [0.5, 0.6) is 0 Å².